The molecule has 3 unspecified atom stereocenters. The topological polar surface area (TPSA) is 57.6 Å². The molecule has 1 amide bonds. The lowest BCUT2D eigenvalue weighted by atomic mass is 9.84. The van der Waals surface area contributed by atoms with Crippen LogP contribution in [-0.4, -0.2) is 23.0 Å². The quantitative estimate of drug-likeness (QED) is 0.844. The van der Waals surface area contributed by atoms with E-state index in [0.717, 1.165) is 0 Å². The highest BCUT2D eigenvalue weighted by molar-refractivity contribution is 6.30. The molecule has 1 aliphatic heterocycles. The van der Waals surface area contributed by atoms with E-state index in [1.165, 1.54) is 0 Å². The molecular formula is C14H12ClNO3. The molecule has 2 bridgehead atoms. The molecule has 0 aromatic heterocycles. The molecule has 0 radical (unpaired) electrons. The number of rotatable bonds is 2. The second-order valence-electron chi connectivity index (χ2n) is 4.81. The van der Waals surface area contributed by atoms with Gasteiger partial charge in [-0.2, -0.15) is 0 Å². The average Bonchev–Trinajstić information content (AvgIpc) is 2.56. The van der Waals surface area contributed by atoms with Gasteiger partial charge >= 0.3 is 5.97 Å². The van der Waals surface area contributed by atoms with Crippen LogP contribution < -0.4 is 4.90 Å². The van der Waals surface area contributed by atoms with Gasteiger partial charge in [-0.15, -0.1) is 0 Å². The van der Waals surface area contributed by atoms with Gasteiger partial charge in [0.1, 0.15) is 0 Å². The van der Waals surface area contributed by atoms with Gasteiger partial charge in [-0.25, -0.2) is 0 Å². The molecular weight excluding hydrogens is 266 g/mol. The Balaban J connectivity index is 2.03. The number of allylic oxidation sites excluding steroid dienone is 1. The first kappa shape index (κ1) is 12.2. The van der Waals surface area contributed by atoms with Crippen molar-refractivity contribution < 1.29 is 14.7 Å². The SMILES string of the molecule is O=C(O)C1C2CC=CC1N(c1ccc(Cl)cc1)C2=O. The zero-order valence-electron chi connectivity index (χ0n) is 9.99. The molecule has 1 fully saturated rings. The highest BCUT2D eigenvalue weighted by Crippen LogP contribution is 2.41. The minimum absolute atomic E-state index is 0.121. The van der Waals surface area contributed by atoms with E-state index >= 15 is 0 Å². The number of anilines is 1. The molecule has 5 heteroatoms. The molecule has 1 heterocycles. The molecule has 3 atom stereocenters. The lowest BCUT2D eigenvalue weighted by molar-refractivity contribution is -0.144. The van der Waals surface area contributed by atoms with E-state index in [-0.39, 0.29) is 5.91 Å². The Morgan fingerprint density at radius 3 is 2.58 bits per heavy atom. The van der Waals surface area contributed by atoms with E-state index in [2.05, 4.69) is 0 Å². The Hall–Kier alpha value is -1.81. The van der Waals surface area contributed by atoms with Crippen molar-refractivity contribution in [2.24, 2.45) is 11.8 Å². The second kappa shape index (κ2) is 4.38. The van der Waals surface area contributed by atoms with Crippen LogP contribution in [0.2, 0.25) is 5.02 Å². The molecule has 1 aliphatic carbocycles. The van der Waals surface area contributed by atoms with Crippen LogP contribution in [0.5, 0.6) is 0 Å². The Morgan fingerprint density at radius 2 is 2.00 bits per heavy atom. The first-order valence-electron chi connectivity index (χ1n) is 6.07. The van der Waals surface area contributed by atoms with Crippen LogP contribution in [0.4, 0.5) is 5.69 Å². The summed E-state index contributed by atoms with van der Waals surface area (Å²) in [5.41, 5.74) is 0.694. The lowest BCUT2D eigenvalue weighted by Gasteiger charge is -2.25. The maximum absolute atomic E-state index is 12.4. The van der Waals surface area contributed by atoms with Crippen LogP contribution in [-0.2, 0) is 9.59 Å². The van der Waals surface area contributed by atoms with Crippen molar-refractivity contribution in [2.75, 3.05) is 4.90 Å². The van der Waals surface area contributed by atoms with Crippen molar-refractivity contribution in [3.8, 4) is 0 Å². The van der Waals surface area contributed by atoms with Gasteiger partial charge < -0.3 is 10.0 Å². The number of nitrogens with zero attached hydrogens (tertiary/aromatic N) is 1. The smallest absolute Gasteiger partial charge is 0.309 e. The third-order valence-corrected chi connectivity index (χ3v) is 4.02. The molecule has 0 spiro atoms. The molecule has 1 N–H and O–H groups in total. The number of benzene rings is 1. The van der Waals surface area contributed by atoms with Gasteiger partial charge in [0.25, 0.3) is 0 Å². The summed E-state index contributed by atoms with van der Waals surface area (Å²) in [6, 6.07) is 6.49. The van der Waals surface area contributed by atoms with E-state index in [9.17, 15) is 14.7 Å². The summed E-state index contributed by atoms with van der Waals surface area (Å²) < 4.78 is 0. The van der Waals surface area contributed by atoms with Crippen molar-refractivity contribution in [1.29, 1.82) is 0 Å². The van der Waals surface area contributed by atoms with Gasteiger partial charge in [0.15, 0.2) is 0 Å². The largest absolute Gasteiger partial charge is 0.481 e. The minimum Gasteiger partial charge on any atom is -0.481 e. The fourth-order valence-corrected chi connectivity index (χ4v) is 3.04. The standard InChI is InChI=1S/C14H12ClNO3/c15-8-4-6-9(7-5-8)16-11-3-1-2-10(13(16)17)12(11)14(18)19/h1,3-7,10-12H,2H2,(H,18,19). The van der Waals surface area contributed by atoms with Gasteiger partial charge in [-0.3, -0.25) is 9.59 Å². The maximum atomic E-state index is 12.4. The number of carboxylic acids is 1. The molecule has 1 aromatic carbocycles. The summed E-state index contributed by atoms with van der Waals surface area (Å²) in [6.45, 7) is 0. The zero-order chi connectivity index (χ0) is 13.6. The van der Waals surface area contributed by atoms with E-state index in [1.54, 1.807) is 29.2 Å². The fourth-order valence-electron chi connectivity index (χ4n) is 2.91. The Morgan fingerprint density at radius 1 is 1.32 bits per heavy atom. The van der Waals surface area contributed by atoms with E-state index in [0.29, 0.717) is 17.1 Å². The monoisotopic (exact) mass is 277 g/mol. The van der Waals surface area contributed by atoms with Crippen molar-refractivity contribution >= 4 is 29.2 Å². The second-order valence-corrected chi connectivity index (χ2v) is 5.25. The van der Waals surface area contributed by atoms with Crippen molar-refractivity contribution in [1.82, 2.24) is 0 Å². The van der Waals surface area contributed by atoms with Crippen LogP contribution in [0, 0.1) is 11.8 Å². The highest BCUT2D eigenvalue weighted by atomic mass is 35.5. The number of carbonyl (C=O) groups is 2. The number of hydrogen-bond acceptors (Lipinski definition) is 2. The Labute approximate surface area is 115 Å². The first-order valence-corrected chi connectivity index (χ1v) is 6.45. The van der Waals surface area contributed by atoms with E-state index < -0.39 is 23.8 Å². The lowest BCUT2D eigenvalue weighted by Crippen LogP contribution is -2.36. The molecule has 1 aromatic rings. The zero-order valence-corrected chi connectivity index (χ0v) is 10.7. The summed E-state index contributed by atoms with van der Waals surface area (Å²) in [5.74, 6) is -2.15. The summed E-state index contributed by atoms with van der Waals surface area (Å²) in [5, 5.41) is 9.90. The number of amides is 1. The molecule has 98 valence electrons. The predicted molar refractivity (Wildman–Crippen MR) is 71.1 cm³/mol. The first-order chi connectivity index (χ1) is 9.09. The number of halogens is 1. The predicted octanol–water partition coefficient (Wildman–Crippen LogP) is 2.33. The number of fused-ring (bicyclic) bond motifs is 2. The molecule has 2 aliphatic rings. The molecule has 3 rings (SSSR count). The van der Waals surface area contributed by atoms with Gasteiger partial charge in [-0.05, 0) is 30.7 Å². The van der Waals surface area contributed by atoms with Gasteiger partial charge in [0, 0.05) is 10.7 Å². The molecule has 0 saturated carbocycles. The van der Waals surface area contributed by atoms with Gasteiger partial charge in [-0.1, -0.05) is 23.8 Å². The number of aliphatic carboxylic acids is 1. The van der Waals surface area contributed by atoms with E-state index in [1.807, 2.05) is 12.2 Å². The average molecular weight is 278 g/mol. The van der Waals surface area contributed by atoms with Crippen molar-refractivity contribution in [3.05, 3.63) is 41.4 Å². The van der Waals surface area contributed by atoms with Crippen molar-refractivity contribution in [3.63, 3.8) is 0 Å². The maximum Gasteiger partial charge on any atom is 0.309 e. The highest BCUT2D eigenvalue weighted by Gasteiger charge is 2.52. The van der Waals surface area contributed by atoms with Crippen LogP contribution in [0.1, 0.15) is 6.42 Å². The summed E-state index contributed by atoms with van der Waals surface area (Å²) in [4.78, 5) is 25.3. The van der Waals surface area contributed by atoms with E-state index in [4.69, 9.17) is 11.6 Å². The molecule has 4 nitrogen and oxygen atoms in total. The van der Waals surface area contributed by atoms with Gasteiger partial charge in [0.2, 0.25) is 5.91 Å². The third-order valence-electron chi connectivity index (χ3n) is 3.77. The molecule has 19 heavy (non-hydrogen) atoms. The Kier molecular flexibility index (Phi) is 2.82. The van der Waals surface area contributed by atoms with Gasteiger partial charge in [0.05, 0.1) is 17.9 Å². The number of carbonyl (C=O) groups excluding carboxylic acids is 1. The Bertz CT molecular complexity index is 567. The summed E-state index contributed by atoms with van der Waals surface area (Å²) >= 11 is 5.83. The normalized spacial score (nSPS) is 28.8. The van der Waals surface area contributed by atoms with Crippen LogP contribution in [0.15, 0.2) is 36.4 Å². The minimum atomic E-state index is -0.913. The van der Waals surface area contributed by atoms with Crippen molar-refractivity contribution in [2.45, 2.75) is 12.5 Å². The van der Waals surface area contributed by atoms with Crippen LogP contribution in [0.25, 0.3) is 0 Å². The molecule has 1 saturated heterocycles. The van der Waals surface area contributed by atoms with Crippen LogP contribution >= 0.6 is 11.6 Å². The van der Waals surface area contributed by atoms with Crippen LogP contribution in [0.3, 0.4) is 0 Å². The summed E-state index contributed by atoms with van der Waals surface area (Å²) in [7, 11) is 0. The number of hydrogen-bond donors (Lipinski definition) is 1. The number of carboxylic acid groups (broad SMARTS) is 1. The summed E-state index contributed by atoms with van der Waals surface area (Å²) in [6.07, 6.45) is 4.20. The fraction of sp³-hybridized carbons (Fsp3) is 0.286. The third kappa shape index (κ3) is 1.83.